The third kappa shape index (κ3) is 4.17. The van der Waals surface area contributed by atoms with Gasteiger partial charge in [0.1, 0.15) is 10.7 Å². The fraction of sp³-hybridized carbons (Fsp3) is 0.444. The van der Waals surface area contributed by atoms with E-state index in [-0.39, 0.29) is 23.9 Å². The van der Waals surface area contributed by atoms with Gasteiger partial charge in [-0.15, -0.1) is 0 Å². The highest BCUT2D eigenvalue weighted by Gasteiger charge is 2.18. The maximum Gasteiger partial charge on any atom is 0.245 e. The minimum absolute atomic E-state index is 0.0142. The highest BCUT2D eigenvalue weighted by molar-refractivity contribution is 7.89. The van der Waals surface area contributed by atoms with Gasteiger partial charge in [-0.25, -0.2) is 13.1 Å². The molecule has 0 radical (unpaired) electrons. The molecule has 96 valence electrons. The molecular formula is C9H16N4O3S. The molecule has 17 heavy (non-hydrogen) atoms. The van der Waals surface area contributed by atoms with Crippen LogP contribution in [0, 0.1) is 0 Å². The van der Waals surface area contributed by atoms with Crippen LogP contribution in [-0.2, 0) is 14.8 Å². The van der Waals surface area contributed by atoms with Crippen molar-refractivity contribution in [1.29, 1.82) is 0 Å². The van der Waals surface area contributed by atoms with Crippen molar-refractivity contribution >= 4 is 15.8 Å². The first kappa shape index (κ1) is 13.7. The van der Waals surface area contributed by atoms with E-state index in [1.165, 1.54) is 0 Å². The molecule has 0 bridgehead atoms. The number of anilines is 1. The van der Waals surface area contributed by atoms with Gasteiger partial charge in [0, 0.05) is 6.54 Å². The Hall–Kier alpha value is -1.38. The van der Waals surface area contributed by atoms with Gasteiger partial charge in [0.2, 0.25) is 10.0 Å². The number of hydrogen-bond acceptors (Lipinski definition) is 5. The van der Waals surface area contributed by atoms with Gasteiger partial charge >= 0.3 is 0 Å². The monoisotopic (exact) mass is 260 g/mol. The number of rotatable bonds is 7. The predicted octanol–water partition coefficient (Wildman–Crippen LogP) is -0.137. The van der Waals surface area contributed by atoms with Crippen LogP contribution in [0.2, 0.25) is 0 Å². The van der Waals surface area contributed by atoms with Crippen LogP contribution in [0.1, 0.15) is 6.92 Å². The van der Waals surface area contributed by atoms with Crippen molar-refractivity contribution in [2.45, 2.75) is 11.8 Å². The molecule has 0 aliphatic heterocycles. The maximum absolute atomic E-state index is 11.7. The Morgan fingerprint density at radius 2 is 2.41 bits per heavy atom. The highest BCUT2D eigenvalue weighted by Crippen LogP contribution is 2.12. The Kier molecular flexibility index (Phi) is 4.67. The highest BCUT2D eigenvalue weighted by atomic mass is 32.2. The zero-order valence-electron chi connectivity index (χ0n) is 9.56. The number of hydrogen-bond donors (Lipinski definition) is 3. The first-order valence-corrected chi connectivity index (χ1v) is 6.42. The lowest BCUT2D eigenvalue weighted by atomic mass is 10.4. The zero-order valence-corrected chi connectivity index (χ0v) is 10.4. The lowest BCUT2D eigenvalue weighted by Crippen LogP contribution is -2.28. The van der Waals surface area contributed by atoms with Crippen molar-refractivity contribution < 1.29 is 13.2 Å². The van der Waals surface area contributed by atoms with Gasteiger partial charge in [0.25, 0.3) is 0 Å². The molecule has 1 heterocycles. The summed E-state index contributed by atoms with van der Waals surface area (Å²) in [5.41, 5.74) is 6.30. The molecule has 0 spiro atoms. The number of sulfonamides is 1. The van der Waals surface area contributed by atoms with Crippen molar-refractivity contribution in [2.24, 2.45) is 0 Å². The number of H-pyrrole nitrogens is 1. The summed E-state index contributed by atoms with van der Waals surface area (Å²) in [7, 11) is -3.62. The first-order chi connectivity index (χ1) is 7.93. The minimum atomic E-state index is -3.62. The van der Waals surface area contributed by atoms with Crippen molar-refractivity contribution in [2.75, 3.05) is 25.5 Å². The zero-order chi connectivity index (χ0) is 12.9. The molecule has 0 aliphatic rings. The molecule has 0 atom stereocenters. The van der Waals surface area contributed by atoms with Gasteiger partial charge in [-0.3, -0.25) is 5.10 Å². The summed E-state index contributed by atoms with van der Waals surface area (Å²) in [5.74, 6) is 0.0142. The van der Waals surface area contributed by atoms with Crippen LogP contribution in [0.3, 0.4) is 0 Å². The fourth-order valence-corrected chi connectivity index (χ4v) is 2.11. The summed E-state index contributed by atoms with van der Waals surface area (Å²) in [4.78, 5) is -0.0580. The quantitative estimate of drug-likeness (QED) is 0.467. The molecular weight excluding hydrogens is 244 g/mol. The maximum atomic E-state index is 11.7. The first-order valence-electron chi connectivity index (χ1n) is 4.94. The minimum Gasteiger partial charge on any atom is -0.383 e. The van der Waals surface area contributed by atoms with E-state index in [1.807, 2.05) is 6.92 Å². The summed E-state index contributed by atoms with van der Waals surface area (Å²) < 4.78 is 30.9. The lowest BCUT2D eigenvalue weighted by Gasteiger charge is -2.06. The van der Waals surface area contributed by atoms with Gasteiger partial charge in [0.15, 0.2) is 0 Å². The van der Waals surface area contributed by atoms with Crippen LogP contribution in [0.15, 0.2) is 23.2 Å². The molecule has 1 rings (SSSR count). The number of aromatic amines is 1. The average molecular weight is 260 g/mol. The number of nitrogens with zero attached hydrogens (tertiary/aromatic N) is 1. The molecule has 8 heteroatoms. The number of nitrogens with two attached hydrogens (primary N) is 1. The van der Waals surface area contributed by atoms with Gasteiger partial charge in [-0.1, -0.05) is 12.2 Å². The summed E-state index contributed by atoms with van der Waals surface area (Å²) in [6, 6.07) is 0. The van der Waals surface area contributed by atoms with Crippen LogP contribution >= 0.6 is 0 Å². The van der Waals surface area contributed by atoms with E-state index in [0.29, 0.717) is 6.61 Å². The van der Waals surface area contributed by atoms with Crippen LogP contribution < -0.4 is 10.5 Å². The van der Waals surface area contributed by atoms with Crippen LogP contribution in [0.25, 0.3) is 0 Å². The van der Waals surface area contributed by atoms with Crippen molar-refractivity contribution in [3.8, 4) is 0 Å². The molecule has 0 aliphatic carbocycles. The fourth-order valence-electron chi connectivity index (χ4n) is 1.07. The van der Waals surface area contributed by atoms with Crippen molar-refractivity contribution in [3.05, 3.63) is 18.3 Å². The van der Waals surface area contributed by atoms with Crippen LogP contribution in [-0.4, -0.2) is 38.4 Å². The van der Waals surface area contributed by atoms with E-state index in [0.717, 1.165) is 11.8 Å². The number of nitrogens with one attached hydrogen (secondary N) is 2. The molecule has 0 saturated heterocycles. The second-order valence-electron chi connectivity index (χ2n) is 3.56. The van der Waals surface area contributed by atoms with Gasteiger partial charge in [0.05, 0.1) is 19.4 Å². The Balaban J connectivity index is 2.41. The Morgan fingerprint density at radius 3 is 2.94 bits per heavy atom. The summed E-state index contributed by atoms with van der Waals surface area (Å²) >= 11 is 0. The molecule has 0 fully saturated rings. The van der Waals surface area contributed by atoms with Crippen LogP contribution in [0.5, 0.6) is 0 Å². The molecule has 1 aromatic rings. The van der Waals surface area contributed by atoms with E-state index in [2.05, 4.69) is 21.5 Å². The molecule has 0 saturated carbocycles. The van der Waals surface area contributed by atoms with E-state index in [1.54, 1.807) is 0 Å². The van der Waals surface area contributed by atoms with E-state index >= 15 is 0 Å². The standard InChI is InChI=1S/C9H16N4O3S/c1-7(2)6-16-4-3-12-17(14,15)8-5-11-13-9(8)10/h5,12H,1,3-4,6H2,2H3,(H3,10,11,13). The number of ether oxygens (including phenoxy) is 1. The summed E-state index contributed by atoms with van der Waals surface area (Å²) in [6.45, 7) is 6.34. The van der Waals surface area contributed by atoms with Gasteiger partial charge in [-0.05, 0) is 6.92 Å². The third-order valence-corrected chi connectivity index (χ3v) is 3.30. The lowest BCUT2D eigenvalue weighted by molar-refractivity contribution is 0.162. The summed E-state index contributed by atoms with van der Waals surface area (Å²) in [6.07, 6.45) is 1.16. The summed E-state index contributed by atoms with van der Waals surface area (Å²) in [5, 5.41) is 5.90. The SMILES string of the molecule is C=C(C)COCCNS(=O)(=O)c1cn[nH]c1N. The Bertz CT molecular complexity index is 480. The largest absolute Gasteiger partial charge is 0.383 e. The molecule has 7 nitrogen and oxygen atoms in total. The van der Waals surface area contributed by atoms with E-state index < -0.39 is 10.0 Å². The Labute approximate surface area is 100 Å². The normalized spacial score (nSPS) is 11.6. The van der Waals surface area contributed by atoms with Crippen molar-refractivity contribution in [3.63, 3.8) is 0 Å². The van der Waals surface area contributed by atoms with Crippen LogP contribution in [0.4, 0.5) is 5.82 Å². The second kappa shape index (κ2) is 5.80. The molecule has 1 aromatic heterocycles. The number of aromatic nitrogens is 2. The van der Waals surface area contributed by atoms with Gasteiger partial charge in [-0.2, -0.15) is 5.10 Å². The van der Waals surface area contributed by atoms with E-state index in [9.17, 15) is 8.42 Å². The predicted molar refractivity (Wildman–Crippen MR) is 63.8 cm³/mol. The average Bonchev–Trinajstić information content (AvgIpc) is 2.64. The molecule has 0 amide bonds. The van der Waals surface area contributed by atoms with Crippen molar-refractivity contribution in [1.82, 2.24) is 14.9 Å². The van der Waals surface area contributed by atoms with E-state index in [4.69, 9.17) is 10.5 Å². The smallest absolute Gasteiger partial charge is 0.245 e. The third-order valence-electron chi connectivity index (χ3n) is 1.81. The van der Waals surface area contributed by atoms with Gasteiger partial charge < -0.3 is 10.5 Å². The molecule has 4 N–H and O–H groups in total. The second-order valence-corrected chi connectivity index (χ2v) is 5.29. The Morgan fingerprint density at radius 1 is 1.71 bits per heavy atom. The topological polar surface area (TPSA) is 110 Å². The molecule has 0 aromatic carbocycles. The number of nitrogen functional groups attached to an aromatic ring is 1. The molecule has 0 unspecified atom stereocenters.